The summed E-state index contributed by atoms with van der Waals surface area (Å²) >= 11 is 0. The Kier molecular flexibility index (Phi) is 4.74. The maximum absolute atomic E-state index is 11.9. The molecule has 0 radical (unpaired) electrons. The quantitative estimate of drug-likeness (QED) is 0.660. The minimum absolute atomic E-state index is 0.0841. The molecule has 128 valence electrons. The van der Waals surface area contributed by atoms with E-state index in [1.54, 1.807) is 36.4 Å². The van der Waals surface area contributed by atoms with Crippen LogP contribution in [-0.2, 0) is 13.2 Å². The molecule has 3 aromatic rings. The first kappa shape index (κ1) is 16.2. The van der Waals surface area contributed by atoms with Gasteiger partial charge in [-0.3, -0.25) is 9.59 Å². The number of nitrogens with zero attached hydrogens (tertiary/aromatic N) is 2. The highest BCUT2D eigenvalue weighted by Gasteiger charge is 2.16. The lowest BCUT2D eigenvalue weighted by atomic mass is 10.2. The number of carbonyl (C=O) groups is 2. The molecule has 0 saturated carbocycles. The van der Waals surface area contributed by atoms with E-state index in [1.165, 1.54) is 6.26 Å². The van der Waals surface area contributed by atoms with Crippen molar-refractivity contribution in [3.63, 3.8) is 0 Å². The molecular weight excluding hydrogens is 328 g/mol. The minimum Gasteiger partial charge on any atom is -0.485 e. The molecule has 0 aliphatic heterocycles. The van der Waals surface area contributed by atoms with Crippen LogP contribution >= 0.6 is 0 Å². The van der Waals surface area contributed by atoms with Crippen LogP contribution in [0.4, 0.5) is 0 Å². The van der Waals surface area contributed by atoms with E-state index in [4.69, 9.17) is 19.4 Å². The summed E-state index contributed by atoms with van der Waals surface area (Å²) in [5, 5.41) is 6.24. The lowest BCUT2D eigenvalue weighted by Gasteiger charge is -2.06. The Hall–Kier alpha value is -3.62. The van der Waals surface area contributed by atoms with Crippen molar-refractivity contribution in [1.82, 2.24) is 15.5 Å². The van der Waals surface area contributed by atoms with Crippen LogP contribution in [0.15, 0.2) is 51.6 Å². The number of nitrogens with one attached hydrogen (secondary N) is 1. The Bertz CT molecular complexity index is 872. The number of hydrogen-bond acceptors (Lipinski definition) is 7. The molecule has 1 aromatic carbocycles. The van der Waals surface area contributed by atoms with E-state index in [1.807, 2.05) is 0 Å². The summed E-state index contributed by atoms with van der Waals surface area (Å²) < 4.78 is 15.5. The molecule has 0 unspecified atom stereocenters. The largest absolute Gasteiger partial charge is 0.485 e. The lowest BCUT2D eigenvalue weighted by molar-refractivity contribution is 0.0903. The number of carbonyl (C=O) groups excluding carboxylic acids is 2. The fourth-order valence-corrected chi connectivity index (χ4v) is 2.00. The SMILES string of the molecule is NC(=O)c1ccccc1OCc1noc(C(=O)NCc2ccco2)n1. The van der Waals surface area contributed by atoms with Crippen molar-refractivity contribution < 1.29 is 23.3 Å². The van der Waals surface area contributed by atoms with Gasteiger partial charge in [-0.05, 0) is 24.3 Å². The summed E-state index contributed by atoms with van der Waals surface area (Å²) in [7, 11) is 0. The van der Waals surface area contributed by atoms with Crippen LogP contribution in [0.1, 0.15) is 32.6 Å². The Balaban J connectivity index is 1.58. The van der Waals surface area contributed by atoms with E-state index in [2.05, 4.69) is 15.5 Å². The topological polar surface area (TPSA) is 133 Å². The van der Waals surface area contributed by atoms with Gasteiger partial charge in [0.25, 0.3) is 5.91 Å². The van der Waals surface area contributed by atoms with Crippen molar-refractivity contribution >= 4 is 11.8 Å². The third-order valence-corrected chi connectivity index (χ3v) is 3.17. The van der Waals surface area contributed by atoms with Crippen molar-refractivity contribution in [3.8, 4) is 5.75 Å². The first-order valence-corrected chi connectivity index (χ1v) is 7.28. The molecule has 9 heteroatoms. The van der Waals surface area contributed by atoms with E-state index < -0.39 is 11.8 Å². The first-order chi connectivity index (χ1) is 12.1. The highest BCUT2D eigenvalue weighted by Crippen LogP contribution is 2.18. The number of nitrogens with two attached hydrogens (primary N) is 1. The number of furan rings is 1. The maximum atomic E-state index is 11.9. The normalized spacial score (nSPS) is 10.4. The molecule has 2 heterocycles. The van der Waals surface area contributed by atoms with Crippen LogP contribution in [0.2, 0.25) is 0 Å². The van der Waals surface area contributed by atoms with Crippen molar-refractivity contribution in [2.24, 2.45) is 5.73 Å². The molecule has 0 aliphatic rings. The molecule has 2 amide bonds. The molecule has 0 saturated heterocycles. The number of rotatable bonds is 7. The van der Waals surface area contributed by atoms with E-state index in [0.717, 1.165) is 0 Å². The fourth-order valence-electron chi connectivity index (χ4n) is 2.00. The van der Waals surface area contributed by atoms with Crippen molar-refractivity contribution in [2.45, 2.75) is 13.2 Å². The Morgan fingerprint density at radius 1 is 1.20 bits per heavy atom. The van der Waals surface area contributed by atoms with Crippen LogP contribution in [-0.4, -0.2) is 22.0 Å². The second-order valence-electron chi connectivity index (χ2n) is 4.93. The van der Waals surface area contributed by atoms with Gasteiger partial charge in [0, 0.05) is 0 Å². The van der Waals surface area contributed by atoms with E-state index in [0.29, 0.717) is 11.5 Å². The smallest absolute Gasteiger partial charge is 0.316 e. The molecule has 25 heavy (non-hydrogen) atoms. The summed E-state index contributed by atoms with van der Waals surface area (Å²) in [6.45, 7) is 0.116. The molecule has 0 spiro atoms. The van der Waals surface area contributed by atoms with Crippen molar-refractivity contribution in [3.05, 3.63) is 65.7 Å². The van der Waals surface area contributed by atoms with Crippen LogP contribution in [0, 0.1) is 0 Å². The maximum Gasteiger partial charge on any atom is 0.316 e. The molecule has 0 fully saturated rings. The summed E-state index contributed by atoms with van der Waals surface area (Å²) in [5.41, 5.74) is 5.51. The average molecular weight is 342 g/mol. The summed E-state index contributed by atoms with van der Waals surface area (Å²) in [6, 6.07) is 9.95. The summed E-state index contributed by atoms with van der Waals surface area (Å²) in [6.07, 6.45) is 1.51. The van der Waals surface area contributed by atoms with Crippen molar-refractivity contribution in [2.75, 3.05) is 0 Å². The molecule has 3 N–H and O–H groups in total. The number of ether oxygens (including phenoxy) is 1. The van der Waals surface area contributed by atoms with E-state index in [9.17, 15) is 9.59 Å². The molecule has 3 rings (SSSR count). The number of hydrogen-bond donors (Lipinski definition) is 2. The molecule has 9 nitrogen and oxygen atoms in total. The highest BCUT2D eigenvalue weighted by atomic mass is 16.5. The van der Waals surface area contributed by atoms with Gasteiger partial charge in [0.05, 0.1) is 18.4 Å². The molecule has 0 bridgehead atoms. The van der Waals surface area contributed by atoms with Gasteiger partial charge in [0.2, 0.25) is 5.82 Å². The standard InChI is InChI=1S/C16H14N4O5/c17-14(21)11-5-1-2-6-12(11)24-9-13-19-16(25-20-13)15(22)18-8-10-4-3-7-23-10/h1-7H,8-9H2,(H2,17,21)(H,18,22). The van der Waals surface area contributed by atoms with Gasteiger partial charge in [-0.1, -0.05) is 17.3 Å². The van der Waals surface area contributed by atoms with Crippen LogP contribution in [0.5, 0.6) is 5.75 Å². The fraction of sp³-hybridized carbons (Fsp3) is 0.125. The predicted octanol–water partition coefficient (Wildman–Crippen LogP) is 1.27. The minimum atomic E-state index is -0.610. The number of amides is 2. The molecule has 0 aliphatic carbocycles. The molecule has 0 atom stereocenters. The van der Waals surface area contributed by atoms with Crippen LogP contribution in [0.25, 0.3) is 0 Å². The van der Waals surface area contributed by atoms with Gasteiger partial charge in [0.15, 0.2) is 6.61 Å². The van der Waals surface area contributed by atoms with Gasteiger partial charge >= 0.3 is 11.8 Å². The second kappa shape index (κ2) is 7.30. The van der Waals surface area contributed by atoms with E-state index in [-0.39, 0.29) is 30.4 Å². The zero-order chi connectivity index (χ0) is 17.6. The summed E-state index contributed by atoms with van der Waals surface area (Å²) in [4.78, 5) is 27.2. The first-order valence-electron chi connectivity index (χ1n) is 7.28. The van der Waals surface area contributed by atoms with Gasteiger partial charge < -0.3 is 24.7 Å². The predicted molar refractivity (Wildman–Crippen MR) is 83.5 cm³/mol. The highest BCUT2D eigenvalue weighted by molar-refractivity contribution is 5.95. The number of para-hydroxylation sites is 1. The number of primary amides is 1. The van der Waals surface area contributed by atoms with Gasteiger partial charge in [0.1, 0.15) is 11.5 Å². The van der Waals surface area contributed by atoms with Crippen LogP contribution in [0.3, 0.4) is 0 Å². The second-order valence-corrected chi connectivity index (χ2v) is 4.93. The van der Waals surface area contributed by atoms with Gasteiger partial charge in [-0.2, -0.15) is 4.98 Å². The van der Waals surface area contributed by atoms with Crippen molar-refractivity contribution in [1.29, 1.82) is 0 Å². The lowest BCUT2D eigenvalue weighted by Crippen LogP contribution is -2.22. The number of aromatic nitrogens is 2. The Labute approximate surface area is 141 Å². The monoisotopic (exact) mass is 342 g/mol. The molecule has 2 aromatic heterocycles. The number of benzene rings is 1. The van der Waals surface area contributed by atoms with E-state index >= 15 is 0 Å². The summed E-state index contributed by atoms with van der Waals surface area (Å²) in [5.74, 6) is -0.298. The van der Waals surface area contributed by atoms with Gasteiger partial charge in [-0.15, -0.1) is 0 Å². The zero-order valence-electron chi connectivity index (χ0n) is 13.0. The van der Waals surface area contributed by atoms with Gasteiger partial charge in [-0.25, -0.2) is 0 Å². The third-order valence-electron chi connectivity index (χ3n) is 3.17. The molecular formula is C16H14N4O5. The average Bonchev–Trinajstić information content (AvgIpc) is 3.30. The Morgan fingerprint density at radius 2 is 2.04 bits per heavy atom. The van der Waals surface area contributed by atoms with Crippen LogP contribution < -0.4 is 15.8 Å². The third kappa shape index (κ3) is 4.02. The Morgan fingerprint density at radius 3 is 2.80 bits per heavy atom. The zero-order valence-corrected chi connectivity index (χ0v) is 13.0.